The second kappa shape index (κ2) is 8.17. The molecule has 10 heteroatoms. The molecular formula is C15H8Cl2N4OS3. The predicted octanol–water partition coefficient (Wildman–Crippen LogP) is 5.32. The lowest BCUT2D eigenvalue weighted by molar-refractivity contribution is 0.102. The van der Waals surface area contributed by atoms with E-state index in [1.807, 2.05) is 12.1 Å². The summed E-state index contributed by atoms with van der Waals surface area (Å²) >= 11 is 15.7. The number of carbonyl (C=O) groups excluding carboxylic acids is 1. The van der Waals surface area contributed by atoms with Crippen molar-refractivity contribution in [1.82, 2.24) is 10.2 Å². The van der Waals surface area contributed by atoms with Gasteiger partial charge >= 0.3 is 0 Å². The normalized spacial score (nSPS) is 10.4. The molecule has 0 radical (unpaired) electrons. The average molecular weight is 427 g/mol. The van der Waals surface area contributed by atoms with E-state index < -0.39 is 0 Å². The van der Waals surface area contributed by atoms with E-state index >= 15 is 0 Å². The van der Waals surface area contributed by atoms with Gasteiger partial charge < -0.3 is 0 Å². The zero-order valence-corrected chi connectivity index (χ0v) is 16.3. The van der Waals surface area contributed by atoms with Crippen molar-refractivity contribution in [3.05, 3.63) is 55.7 Å². The van der Waals surface area contributed by atoms with Crippen LogP contribution in [0, 0.1) is 11.3 Å². The van der Waals surface area contributed by atoms with Gasteiger partial charge in [0, 0.05) is 5.75 Å². The summed E-state index contributed by atoms with van der Waals surface area (Å²) in [4.78, 5) is 12.2. The van der Waals surface area contributed by atoms with Crippen molar-refractivity contribution in [2.75, 3.05) is 5.32 Å². The third-order valence-electron chi connectivity index (χ3n) is 2.97. The van der Waals surface area contributed by atoms with Crippen molar-refractivity contribution in [3.8, 4) is 6.07 Å². The van der Waals surface area contributed by atoms with Gasteiger partial charge in [-0.1, -0.05) is 58.4 Å². The summed E-state index contributed by atoms with van der Waals surface area (Å²) in [5, 5.41) is 19.9. The van der Waals surface area contributed by atoms with Crippen LogP contribution < -0.4 is 5.32 Å². The first kappa shape index (κ1) is 18.2. The van der Waals surface area contributed by atoms with Crippen molar-refractivity contribution in [3.63, 3.8) is 0 Å². The van der Waals surface area contributed by atoms with Gasteiger partial charge in [-0.25, -0.2) is 0 Å². The quantitative estimate of drug-likeness (QED) is 0.440. The molecule has 5 nitrogen and oxygen atoms in total. The first-order chi connectivity index (χ1) is 12.0. The van der Waals surface area contributed by atoms with Crippen LogP contribution >= 0.6 is 57.6 Å². The van der Waals surface area contributed by atoms with E-state index in [1.54, 1.807) is 12.1 Å². The molecule has 25 heavy (non-hydrogen) atoms. The molecule has 0 atom stereocenters. The van der Waals surface area contributed by atoms with Gasteiger partial charge in [0.2, 0.25) is 5.13 Å². The molecule has 126 valence electrons. The van der Waals surface area contributed by atoms with E-state index in [0.29, 0.717) is 30.7 Å². The fourth-order valence-electron chi connectivity index (χ4n) is 1.80. The number of thiophene rings is 1. The molecule has 0 aliphatic carbocycles. The van der Waals surface area contributed by atoms with Gasteiger partial charge in [0.25, 0.3) is 5.91 Å². The van der Waals surface area contributed by atoms with E-state index in [-0.39, 0.29) is 5.91 Å². The topological polar surface area (TPSA) is 78.7 Å². The molecule has 0 saturated heterocycles. The minimum atomic E-state index is -0.368. The maximum absolute atomic E-state index is 12.2. The molecule has 0 bridgehead atoms. The fourth-order valence-corrected chi connectivity index (χ4v) is 4.96. The van der Waals surface area contributed by atoms with Crippen LogP contribution in [0.1, 0.15) is 21.5 Å². The van der Waals surface area contributed by atoms with Crippen LogP contribution in [0.15, 0.2) is 34.7 Å². The number of anilines is 1. The lowest BCUT2D eigenvalue weighted by atomic mass is 10.2. The van der Waals surface area contributed by atoms with Gasteiger partial charge in [0.05, 0.1) is 21.5 Å². The molecule has 2 aromatic heterocycles. The van der Waals surface area contributed by atoms with E-state index in [9.17, 15) is 4.79 Å². The Labute approximate surface area is 165 Å². The standard InChI is InChI=1S/C15H8Cl2N4OS3/c16-11-5-10(12(17)24-11)13(22)19-14-20-21-15(25-14)23-7-9-3-1-8(6-18)2-4-9/h1-5H,7H2,(H,19,20,22). The molecular weight excluding hydrogens is 419 g/mol. The minimum absolute atomic E-state index is 0.318. The molecule has 1 N–H and O–H groups in total. The lowest BCUT2D eigenvalue weighted by Gasteiger charge is -1.99. The van der Waals surface area contributed by atoms with Crippen molar-refractivity contribution in [2.24, 2.45) is 0 Å². The van der Waals surface area contributed by atoms with Crippen LogP contribution in [0.2, 0.25) is 8.67 Å². The van der Waals surface area contributed by atoms with Gasteiger partial charge in [-0.2, -0.15) is 5.26 Å². The number of halogens is 2. The maximum Gasteiger partial charge on any atom is 0.259 e. The fraction of sp³-hybridized carbons (Fsp3) is 0.0667. The highest BCUT2D eigenvalue weighted by Crippen LogP contribution is 2.33. The monoisotopic (exact) mass is 426 g/mol. The number of hydrogen-bond acceptors (Lipinski definition) is 7. The van der Waals surface area contributed by atoms with Gasteiger partial charge in [0.15, 0.2) is 4.34 Å². The zero-order valence-electron chi connectivity index (χ0n) is 12.3. The Kier molecular flexibility index (Phi) is 5.93. The van der Waals surface area contributed by atoms with Crippen LogP contribution in [0.5, 0.6) is 0 Å². The van der Waals surface area contributed by atoms with Crippen LogP contribution in [-0.4, -0.2) is 16.1 Å². The third kappa shape index (κ3) is 4.71. The number of nitrogens with zero attached hydrogens (tertiary/aromatic N) is 3. The first-order valence-electron chi connectivity index (χ1n) is 6.76. The number of amides is 1. The van der Waals surface area contributed by atoms with Gasteiger partial charge in [-0.3, -0.25) is 10.1 Å². The number of benzene rings is 1. The first-order valence-corrected chi connectivity index (χ1v) is 10.1. The van der Waals surface area contributed by atoms with Crippen LogP contribution in [0.3, 0.4) is 0 Å². The third-order valence-corrected chi connectivity index (χ3v) is 6.50. The van der Waals surface area contributed by atoms with Crippen LogP contribution in [-0.2, 0) is 5.75 Å². The Morgan fingerprint density at radius 3 is 2.64 bits per heavy atom. The number of hydrogen-bond donors (Lipinski definition) is 1. The van der Waals surface area contributed by atoms with Crippen molar-refractivity contribution < 1.29 is 4.79 Å². The van der Waals surface area contributed by atoms with E-state index in [4.69, 9.17) is 28.5 Å². The largest absolute Gasteiger partial charge is 0.296 e. The molecule has 0 saturated carbocycles. The van der Waals surface area contributed by atoms with Gasteiger partial charge in [-0.15, -0.1) is 21.5 Å². The highest BCUT2D eigenvalue weighted by Gasteiger charge is 2.16. The number of nitriles is 1. The number of nitrogens with one attached hydrogen (secondary N) is 1. The van der Waals surface area contributed by atoms with Crippen molar-refractivity contribution in [2.45, 2.75) is 10.1 Å². The van der Waals surface area contributed by atoms with E-state index in [2.05, 4.69) is 21.6 Å². The minimum Gasteiger partial charge on any atom is -0.296 e. The highest BCUT2D eigenvalue weighted by atomic mass is 35.5. The predicted molar refractivity (Wildman–Crippen MR) is 103 cm³/mol. The van der Waals surface area contributed by atoms with Crippen LogP contribution in [0.4, 0.5) is 5.13 Å². The Balaban J connectivity index is 1.59. The van der Waals surface area contributed by atoms with Gasteiger partial charge in [0.1, 0.15) is 4.34 Å². The summed E-state index contributed by atoms with van der Waals surface area (Å²) < 4.78 is 1.52. The second-order valence-corrected chi connectivity index (χ2v) is 9.15. The van der Waals surface area contributed by atoms with Crippen molar-refractivity contribution in [1.29, 1.82) is 5.26 Å². The second-order valence-electron chi connectivity index (χ2n) is 4.66. The number of carbonyl (C=O) groups is 1. The number of thioether (sulfide) groups is 1. The molecule has 1 aromatic carbocycles. The zero-order chi connectivity index (χ0) is 17.8. The SMILES string of the molecule is N#Cc1ccc(CSc2nnc(NC(=O)c3cc(Cl)sc3Cl)s2)cc1. The summed E-state index contributed by atoms with van der Waals surface area (Å²) in [6, 6.07) is 11.0. The Hall–Kier alpha value is -1.63. The molecule has 2 heterocycles. The van der Waals surface area contributed by atoms with E-state index in [1.165, 1.54) is 29.2 Å². The number of aromatic nitrogens is 2. The van der Waals surface area contributed by atoms with Crippen LogP contribution in [0.25, 0.3) is 0 Å². The smallest absolute Gasteiger partial charge is 0.259 e. The van der Waals surface area contributed by atoms with Crippen molar-refractivity contribution >= 4 is 68.7 Å². The Bertz CT molecular complexity index is 947. The molecule has 3 aromatic rings. The van der Waals surface area contributed by atoms with Gasteiger partial charge in [-0.05, 0) is 23.8 Å². The summed E-state index contributed by atoms with van der Waals surface area (Å²) in [5.41, 5.74) is 2.02. The molecule has 0 unspecified atom stereocenters. The Morgan fingerprint density at radius 2 is 2.00 bits per heavy atom. The summed E-state index contributed by atoms with van der Waals surface area (Å²) in [7, 11) is 0. The molecule has 0 aliphatic heterocycles. The summed E-state index contributed by atoms with van der Waals surface area (Å²) in [6.07, 6.45) is 0. The van der Waals surface area contributed by atoms with E-state index in [0.717, 1.165) is 21.2 Å². The number of rotatable bonds is 5. The highest BCUT2D eigenvalue weighted by molar-refractivity contribution is 8.00. The maximum atomic E-state index is 12.2. The molecule has 1 amide bonds. The average Bonchev–Trinajstić information content (AvgIpc) is 3.19. The summed E-state index contributed by atoms with van der Waals surface area (Å²) in [6.45, 7) is 0. The molecule has 0 aliphatic rings. The Morgan fingerprint density at radius 1 is 1.24 bits per heavy atom. The molecule has 3 rings (SSSR count). The molecule has 0 spiro atoms. The molecule has 0 fully saturated rings. The lowest BCUT2D eigenvalue weighted by Crippen LogP contribution is -2.11. The summed E-state index contributed by atoms with van der Waals surface area (Å²) in [5.74, 6) is 0.327.